The smallest absolute Gasteiger partial charge is 0.0780 e. The lowest BCUT2D eigenvalue weighted by Crippen LogP contribution is -2.51. The molecule has 1 aromatic carbocycles. The maximum absolute atomic E-state index is 3.79. The molecule has 0 radical (unpaired) electrons. The zero-order chi connectivity index (χ0) is 7.40. The predicted octanol–water partition coefficient (Wildman–Crippen LogP) is 1.23. The van der Waals surface area contributed by atoms with Gasteiger partial charge in [0.25, 0.3) is 0 Å². The molecule has 0 bridgehead atoms. The highest BCUT2D eigenvalue weighted by atomic mass is 79.9. The zero-order valence-electron chi connectivity index (χ0n) is 5.81. The van der Waals surface area contributed by atoms with Crippen molar-refractivity contribution in [3.8, 4) is 0 Å². The van der Waals surface area contributed by atoms with Crippen LogP contribution in [0.25, 0.3) is 0 Å². The first-order valence-electron chi connectivity index (χ1n) is 3.36. The molecule has 54 valence electrons. The van der Waals surface area contributed by atoms with Crippen molar-refractivity contribution < 1.29 is 5.73 Å². The van der Waals surface area contributed by atoms with Crippen LogP contribution in [0.3, 0.4) is 0 Å². The van der Waals surface area contributed by atoms with Crippen LogP contribution in [0, 0.1) is 0 Å². The highest BCUT2D eigenvalue weighted by Crippen LogP contribution is 2.10. The summed E-state index contributed by atoms with van der Waals surface area (Å²) < 4.78 is 1.14. The summed E-state index contributed by atoms with van der Waals surface area (Å²) in [5, 5.41) is 0. The van der Waals surface area contributed by atoms with Gasteiger partial charge in [0, 0.05) is 10.9 Å². The molecule has 1 rings (SSSR count). The summed E-state index contributed by atoms with van der Waals surface area (Å²) in [6, 6.07) is 8.36. The van der Waals surface area contributed by atoms with Gasteiger partial charge in [-0.1, -0.05) is 28.1 Å². The summed E-state index contributed by atoms with van der Waals surface area (Å²) in [6.07, 6.45) is 1.08. The van der Waals surface area contributed by atoms with Crippen molar-refractivity contribution >= 4 is 15.9 Å². The Hall–Kier alpha value is -0.340. The quantitative estimate of drug-likeness (QED) is 0.745. The molecule has 2 heteroatoms. The van der Waals surface area contributed by atoms with Crippen LogP contribution in [-0.4, -0.2) is 6.54 Å². The van der Waals surface area contributed by atoms with E-state index >= 15 is 0 Å². The van der Waals surface area contributed by atoms with Crippen LogP contribution in [0.2, 0.25) is 0 Å². The topological polar surface area (TPSA) is 27.6 Å². The number of benzene rings is 1. The normalized spacial score (nSPS) is 9.80. The standard InChI is InChI=1S/C8H10BrN/c9-8-3-1-7(2-4-8)5-6-10/h1-4H,5-6,10H2/p+1. The van der Waals surface area contributed by atoms with E-state index in [2.05, 4.69) is 45.9 Å². The molecule has 1 aromatic rings. The van der Waals surface area contributed by atoms with Crippen molar-refractivity contribution in [2.24, 2.45) is 0 Å². The molecule has 0 atom stereocenters. The highest BCUT2D eigenvalue weighted by molar-refractivity contribution is 9.10. The number of hydrogen-bond donors (Lipinski definition) is 1. The largest absolute Gasteiger partial charge is 0.357 e. The third kappa shape index (κ3) is 2.12. The number of quaternary nitrogens is 1. The molecular weight excluding hydrogens is 190 g/mol. The molecule has 0 aromatic heterocycles. The molecule has 0 unspecified atom stereocenters. The van der Waals surface area contributed by atoms with E-state index < -0.39 is 0 Å². The maximum Gasteiger partial charge on any atom is 0.0780 e. The van der Waals surface area contributed by atoms with E-state index in [1.54, 1.807) is 0 Å². The second-order valence-corrected chi connectivity index (χ2v) is 3.15. The van der Waals surface area contributed by atoms with Crippen LogP contribution in [0.4, 0.5) is 0 Å². The molecule has 0 aliphatic heterocycles. The second-order valence-electron chi connectivity index (χ2n) is 2.23. The summed E-state index contributed by atoms with van der Waals surface area (Å²) in [6.45, 7) is 0.974. The van der Waals surface area contributed by atoms with E-state index in [9.17, 15) is 0 Å². The molecule has 10 heavy (non-hydrogen) atoms. The van der Waals surface area contributed by atoms with Gasteiger partial charge in [-0.3, -0.25) is 0 Å². The lowest BCUT2D eigenvalue weighted by molar-refractivity contribution is -0.366. The van der Waals surface area contributed by atoms with E-state index in [4.69, 9.17) is 0 Å². The lowest BCUT2D eigenvalue weighted by Gasteiger charge is -1.95. The van der Waals surface area contributed by atoms with Gasteiger partial charge in [-0.2, -0.15) is 0 Å². The van der Waals surface area contributed by atoms with E-state index in [1.807, 2.05) is 0 Å². The van der Waals surface area contributed by atoms with Gasteiger partial charge < -0.3 is 5.73 Å². The molecule has 0 amide bonds. The minimum Gasteiger partial charge on any atom is -0.357 e. The second kappa shape index (κ2) is 3.74. The lowest BCUT2D eigenvalue weighted by atomic mass is 10.2. The molecular formula is C8H11BrN+. The van der Waals surface area contributed by atoms with Crippen molar-refractivity contribution in [3.63, 3.8) is 0 Å². The monoisotopic (exact) mass is 200 g/mol. The fraction of sp³-hybridized carbons (Fsp3) is 0.250. The Morgan fingerprint density at radius 2 is 1.80 bits per heavy atom. The summed E-state index contributed by atoms with van der Waals surface area (Å²) in [7, 11) is 0. The Kier molecular flexibility index (Phi) is 2.90. The van der Waals surface area contributed by atoms with Gasteiger partial charge >= 0.3 is 0 Å². The van der Waals surface area contributed by atoms with E-state index in [1.165, 1.54) is 5.56 Å². The fourth-order valence-electron chi connectivity index (χ4n) is 0.855. The average molecular weight is 201 g/mol. The molecule has 0 saturated carbocycles. The Balaban J connectivity index is 2.69. The van der Waals surface area contributed by atoms with Gasteiger partial charge in [0.1, 0.15) is 0 Å². The summed E-state index contributed by atoms with van der Waals surface area (Å²) in [4.78, 5) is 0. The van der Waals surface area contributed by atoms with Gasteiger partial charge in [0.05, 0.1) is 6.54 Å². The molecule has 0 aliphatic carbocycles. The van der Waals surface area contributed by atoms with E-state index in [0.717, 1.165) is 17.4 Å². The average Bonchev–Trinajstić information content (AvgIpc) is 1.95. The van der Waals surface area contributed by atoms with E-state index in [0.29, 0.717) is 0 Å². The Morgan fingerprint density at radius 3 is 2.30 bits per heavy atom. The predicted molar refractivity (Wildman–Crippen MR) is 45.6 cm³/mol. The minimum absolute atomic E-state index is 0.974. The minimum atomic E-state index is 0.974. The van der Waals surface area contributed by atoms with Crippen LogP contribution >= 0.6 is 15.9 Å². The van der Waals surface area contributed by atoms with Crippen molar-refractivity contribution in [3.05, 3.63) is 34.3 Å². The van der Waals surface area contributed by atoms with Crippen LogP contribution in [-0.2, 0) is 6.42 Å². The maximum atomic E-state index is 3.79. The summed E-state index contributed by atoms with van der Waals surface area (Å²) in [5.74, 6) is 0. The first kappa shape index (κ1) is 7.76. The summed E-state index contributed by atoms with van der Waals surface area (Å²) in [5.41, 5.74) is 5.15. The van der Waals surface area contributed by atoms with Gasteiger partial charge in [-0.25, -0.2) is 0 Å². The summed E-state index contributed by atoms with van der Waals surface area (Å²) >= 11 is 3.38. The first-order valence-corrected chi connectivity index (χ1v) is 4.16. The Bertz CT molecular complexity index is 193. The van der Waals surface area contributed by atoms with Crippen molar-refractivity contribution in [1.82, 2.24) is 0 Å². The zero-order valence-corrected chi connectivity index (χ0v) is 7.39. The molecule has 0 heterocycles. The molecule has 0 saturated heterocycles. The van der Waals surface area contributed by atoms with Crippen LogP contribution in [0.5, 0.6) is 0 Å². The first-order chi connectivity index (χ1) is 4.83. The molecule has 3 N–H and O–H groups in total. The van der Waals surface area contributed by atoms with Gasteiger partial charge in [0.15, 0.2) is 0 Å². The molecule has 0 spiro atoms. The van der Waals surface area contributed by atoms with Gasteiger partial charge in [-0.05, 0) is 17.7 Å². The molecule has 0 fully saturated rings. The van der Waals surface area contributed by atoms with Gasteiger partial charge in [0.2, 0.25) is 0 Å². The Morgan fingerprint density at radius 1 is 1.20 bits per heavy atom. The molecule has 1 nitrogen and oxygen atoms in total. The van der Waals surface area contributed by atoms with Crippen molar-refractivity contribution in [2.75, 3.05) is 6.54 Å². The van der Waals surface area contributed by atoms with Crippen LogP contribution < -0.4 is 5.73 Å². The fourth-order valence-corrected chi connectivity index (χ4v) is 1.12. The number of halogens is 1. The van der Waals surface area contributed by atoms with Crippen molar-refractivity contribution in [1.29, 1.82) is 0 Å². The highest BCUT2D eigenvalue weighted by Gasteiger charge is 1.90. The van der Waals surface area contributed by atoms with Gasteiger partial charge in [-0.15, -0.1) is 0 Å². The van der Waals surface area contributed by atoms with E-state index in [-0.39, 0.29) is 0 Å². The third-order valence-electron chi connectivity index (χ3n) is 1.38. The number of hydrogen-bond acceptors (Lipinski definition) is 0. The SMILES string of the molecule is [NH3+]CCc1ccc(Br)cc1. The van der Waals surface area contributed by atoms with Crippen molar-refractivity contribution in [2.45, 2.75) is 6.42 Å². The molecule has 0 aliphatic rings. The Labute approximate surface area is 69.4 Å². The third-order valence-corrected chi connectivity index (χ3v) is 1.91. The number of rotatable bonds is 2. The van der Waals surface area contributed by atoms with Crippen LogP contribution in [0.1, 0.15) is 5.56 Å². The van der Waals surface area contributed by atoms with Crippen LogP contribution in [0.15, 0.2) is 28.7 Å².